The average molecular weight is 543 g/mol. The molecule has 9 nitrogen and oxygen atoms in total. The summed E-state index contributed by atoms with van der Waals surface area (Å²) in [5, 5.41) is 15.5. The number of carbonyl (C=O) groups excluding carboxylic acids is 1. The predicted octanol–water partition coefficient (Wildman–Crippen LogP) is 4.32. The molecule has 1 amide bonds. The summed E-state index contributed by atoms with van der Waals surface area (Å²) in [6, 6.07) is 10.0. The molecule has 2 atom stereocenters. The maximum atomic E-state index is 12.8. The van der Waals surface area contributed by atoms with Gasteiger partial charge in [0.1, 0.15) is 23.6 Å². The second-order valence-electron chi connectivity index (χ2n) is 12.6. The van der Waals surface area contributed by atoms with E-state index in [1.165, 1.54) is 5.56 Å². The van der Waals surface area contributed by atoms with Gasteiger partial charge in [-0.25, -0.2) is 4.79 Å². The maximum Gasteiger partial charge on any atom is 0.410 e. The highest BCUT2D eigenvalue weighted by molar-refractivity contribution is 5.68. The molecule has 3 heterocycles. The van der Waals surface area contributed by atoms with Crippen LogP contribution in [0.3, 0.4) is 0 Å². The van der Waals surface area contributed by atoms with Crippen molar-refractivity contribution in [1.82, 2.24) is 19.6 Å². The van der Waals surface area contributed by atoms with Crippen LogP contribution in [0.1, 0.15) is 63.9 Å². The van der Waals surface area contributed by atoms with Crippen LogP contribution < -0.4 is 4.74 Å². The van der Waals surface area contributed by atoms with E-state index in [9.17, 15) is 9.90 Å². The highest BCUT2D eigenvalue weighted by atomic mass is 16.6. The molecule has 1 N–H and O–H groups in total. The van der Waals surface area contributed by atoms with Gasteiger partial charge in [0, 0.05) is 32.4 Å². The van der Waals surface area contributed by atoms with E-state index in [-0.39, 0.29) is 18.2 Å². The molecule has 2 fully saturated rings. The summed E-state index contributed by atoms with van der Waals surface area (Å²) in [4.78, 5) is 16.8. The Morgan fingerprint density at radius 2 is 1.87 bits per heavy atom. The van der Waals surface area contributed by atoms with Crippen molar-refractivity contribution in [2.24, 2.45) is 0 Å². The molecule has 9 heteroatoms. The van der Waals surface area contributed by atoms with E-state index in [1.54, 1.807) is 18.9 Å². The Balaban J connectivity index is 1.27. The van der Waals surface area contributed by atoms with Crippen molar-refractivity contribution in [1.29, 1.82) is 0 Å². The van der Waals surface area contributed by atoms with Gasteiger partial charge in [0.25, 0.3) is 0 Å². The standard InChI is InChI=1S/C30H46N4O5/c1-22-18-23(2)34(31-22)16-17-37-25-10-8-24(9-11-25)20-33-14-12-30(13-15-33)19-26(29(6,36)21-38-30)32(7)27(35)39-28(3,4)5/h8-11,18,26,36H,12-17,19-21H2,1-7H3/t26-,29-/m0/s1. The highest BCUT2D eigenvalue weighted by Crippen LogP contribution is 2.40. The van der Waals surface area contributed by atoms with Crippen LogP contribution in [-0.2, 0) is 22.6 Å². The summed E-state index contributed by atoms with van der Waals surface area (Å²) in [7, 11) is 1.72. The molecule has 39 heavy (non-hydrogen) atoms. The maximum absolute atomic E-state index is 12.8. The zero-order chi connectivity index (χ0) is 28.4. The largest absolute Gasteiger partial charge is 0.492 e. The summed E-state index contributed by atoms with van der Waals surface area (Å²) in [5.74, 6) is 0.862. The van der Waals surface area contributed by atoms with E-state index in [4.69, 9.17) is 14.2 Å². The monoisotopic (exact) mass is 542 g/mol. The number of aromatic nitrogens is 2. The Bertz CT molecular complexity index is 1110. The Morgan fingerprint density at radius 1 is 1.21 bits per heavy atom. The molecular formula is C30H46N4O5. The zero-order valence-electron chi connectivity index (χ0n) is 24.7. The van der Waals surface area contributed by atoms with E-state index in [2.05, 4.69) is 35.1 Å². The molecule has 1 aromatic heterocycles. The van der Waals surface area contributed by atoms with Crippen molar-refractivity contribution in [3.8, 4) is 5.75 Å². The molecule has 0 bridgehead atoms. The molecule has 1 spiro atoms. The van der Waals surface area contributed by atoms with Crippen LogP contribution in [0.25, 0.3) is 0 Å². The average Bonchev–Trinajstić information content (AvgIpc) is 3.18. The molecule has 2 aromatic rings. The van der Waals surface area contributed by atoms with Crippen molar-refractivity contribution in [3.05, 3.63) is 47.3 Å². The van der Waals surface area contributed by atoms with E-state index >= 15 is 0 Å². The summed E-state index contributed by atoms with van der Waals surface area (Å²) in [5.41, 5.74) is 1.34. The number of carbonyl (C=O) groups is 1. The lowest BCUT2D eigenvalue weighted by atomic mass is 9.77. The normalized spacial score (nSPS) is 23.5. The molecule has 0 unspecified atom stereocenters. The SMILES string of the molecule is Cc1cc(C)n(CCOc2ccc(CN3CCC4(CC3)C[C@H](N(C)C(=O)OC(C)(C)C)[C@@](C)(O)CO4)cc2)n1. The molecule has 2 saturated heterocycles. The fourth-order valence-electron chi connectivity index (χ4n) is 5.61. The van der Waals surface area contributed by atoms with Crippen molar-refractivity contribution in [2.75, 3.05) is 33.4 Å². The first-order valence-electron chi connectivity index (χ1n) is 14.0. The van der Waals surface area contributed by atoms with Crippen LogP contribution in [0.4, 0.5) is 4.79 Å². The lowest BCUT2D eigenvalue weighted by molar-refractivity contribution is -0.206. The van der Waals surface area contributed by atoms with Crippen molar-refractivity contribution in [2.45, 2.75) is 96.7 Å². The van der Waals surface area contributed by atoms with Crippen LogP contribution in [-0.4, -0.2) is 87.0 Å². The fourth-order valence-corrected chi connectivity index (χ4v) is 5.61. The van der Waals surface area contributed by atoms with Gasteiger partial charge in [-0.3, -0.25) is 9.58 Å². The summed E-state index contributed by atoms with van der Waals surface area (Å²) in [6.45, 7) is 15.5. The quantitative estimate of drug-likeness (QED) is 0.557. The minimum atomic E-state index is -1.13. The second kappa shape index (κ2) is 11.5. The van der Waals surface area contributed by atoms with Gasteiger partial charge in [-0.2, -0.15) is 5.10 Å². The third kappa shape index (κ3) is 7.52. The smallest absolute Gasteiger partial charge is 0.410 e. The lowest BCUT2D eigenvalue weighted by Gasteiger charge is -2.52. The number of aliphatic hydroxyl groups is 1. The van der Waals surface area contributed by atoms with Crippen LogP contribution in [0.5, 0.6) is 5.75 Å². The molecule has 0 saturated carbocycles. The number of benzene rings is 1. The van der Waals surface area contributed by atoms with Gasteiger partial charge in [0.2, 0.25) is 0 Å². The molecule has 216 valence electrons. The zero-order valence-corrected chi connectivity index (χ0v) is 24.7. The number of piperidine rings is 1. The molecule has 2 aliphatic rings. The minimum absolute atomic E-state index is 0.200. The fraction of sp³-hybridized carbons (Fsp3) is 0.667. The topological polar surface area (TPSA) is 89.3 Å². The number of hydrogen-bond acceptors (Lipinski definition) is 7. The van der Waals surface area contributed by atoms with Gasteiger partial charge in [-0.15, -0.1) is 0 Å². The molecule has 4 rings (SSSR count). The van der Waals surface area contributed by atoms with Gasteiger partial charge < -0.3 is 24.2 Å². The number of likely N-dealkylation sites (N-methyl/N-ethyl adjacent to an activating group) is 1. The number of aryl methyl sites for hydroxylation is 2. The highest BCUT2D eigenvalue weighted by Gasteiger charge is 2.51. The van der Waals surface area contributed by atoms with E-state index in [1.807, 2.05) is 44.5 Å². The van der Waals surface area contributed by atoms with Gasteiger partial charge in [-0.05, 0) is 84.6 Å². The predicted molar refractivity (Wildman–Crippen MR) is 150 cm³/mol. The van der Waals surface area contributed by atoms with Crippen LogP contribution in [0, 0.1) is 13.8 Å². The molecule has 0 radical (unpaired) electrons. The van der Waals surface area contributed by atoms with Gasteiger partial charge in [0.05, 0.1) is 30.5 Å². The summed E-state index contributed by atoms with van der Waals surface area (Å²) < 4.78 is 19.8. The van der Waals surface area contributed by atoms with Crippen molar-refractivity contribution >= 4 is 6.09 Å². The van der Waals surface area contributed by atoms with Crippen LogP contribution in [0.2, 0.25) is 0 Å². The third-order valence-corrected chi connectivity index (χ3v) is 7.87. The van der Waals surface area contributed by atoms with Crippen molar-refractivity contribution < 1.29 is 24.1 Å². The number of ether oxygens (including phenoxy) is 3. The first kappa shape index (κ1) is 29.4. The lowest BCUT2D eigenvalue weighted by Crippen LogP contribution is -2.64. The van der Waals surface area contributed by atoms with Gasteiger partial charge >= 0.3 is 6.09 Å². The van der Waals surface area contributed by atoms with E-state index < -0.39 is 17.3 Å². The number of nitrogens with zero attached hydrogens (tertiary/aromatic N) is 4. The van der Waals surface area contributed by atoms with E-state index in [0.29, 0.717) is 13.0 Å². The number of likely N-dealkylation sites (tertiary alicyclic amines) is 1. The number of amides is 1. The van der Waals surface area contributed by atoms with Gasteiger partial charge in [-0.1, -0.05) is 12.1 Å². The molecule has 1 aromatic carbocycles. The third-order valence-electron chi connectivity index (χ3n) is 7.87. The Labute approximate surface area is 233 Å². The Kier molecular flexibility index (Phi) is 8.64. The number of hydrogen-bond donors (Lipinski definition) is 1. The van der Waals surface area contributed by atoms with Crippen LogP contribution in [0.15, 0.2) is 30.3 Å². The van der Waals surface area contributed by atoms with Crippen LogP contribution >= 0.6 is 0 Å². The number of rotatable bonds is 7. The molecule has 0 aliphatic carbocycles. The molecule has 2 aliphatic heterocycles. The summed E-state index contributed by atoms with van der Waals surface area (Å²) in [6.07, 6.45) is 1.89. The Morgan fingerprint density at radius 3 is 2.46 bits per heavy atom. The van der Waals surface area contributed by atoms with Gasteiger partial charge in [0.15, 0.2) is 0 Å². The van der Waals surface area contributed by atoms with Crippen molar-refractivity contribution in [3.63, 3.8) is 0 Å². The first-order valence-corrected chi connectivity index (χ1v) is 14.0. The second-order valence-corrected chi connectivity index (χ2v) is 12.6. The summed E-state index contributed by atoms with van der Waals surface area (Å²) >= 11 is 0. The Hall–Kier alpha value is -2.62. The minimum Gasteiger partial charge on any atom is -0.492 e. The first-order chi connectivity index (χ1) is 18.3. The molecular weight excluding hydrogens is 496 g/mol. The van der Waals surface area contributed by atoms with E-state index in [0.717, 1.165) is 56.2 Å².